The summed E-state index contributed by atoms with van der Waals surface area (Å²) in [4.78, 5) is 30.5. The van der Waals surface area contributed by atoms with E-state index in [0.29, 0.717) is 11.5 Å². The third kappa shape index (κ3) is 3.64. The maximum absolute atomic E-state index is 12.8. The van der Waals surface area contributed by atoms with E-state index in [1.807, 2.05) is 46.4 Å². The summed E-state index contributed by atoms with van der Waals surface area (Å²) in [7, 11) is 0. The van der Waals surface area contributed by atoms with Gasteiger partial charge in [0, 0.05) is 47.5 Å². The lowest BCUT2D eigenvalue weighted by molar-refractivity contribution is -0.119. The van der Waals surface area contributed by atoms with Crippen molar-refractivity contribution >= 4 is 27.9 Å². The Labute approximate surface area is 180 Å². The van der Waals surface area contributed by atoms with Crippen LogP contribution >= 0.6 is 11.3 Å². The van der Waals surface area contributed by atoms with E-state index in [1.165, 1.54) is 10.7 Å². The Hall–Kier alpha value is -4.05. The van der Waals surface area contributed by atoms with Gasteiger partial charge in [-0.25, -0.2) is 14.3 Å². The van der Waals surface area contributed by atoms with E-state index in [-0.39, 0.29) is 11.5 Å². The molecule has 4 heterocycles. The van der Waals surface area contributed by atoms with Crippen molar-refractivity contribution in [1.82, 2.24) is 28.9 Å². The molecule has 1 aromatic carbocycles. The van der Waals surface area contributed by atoms with E-state index in [9.17, 15) is 9.59 Å². The molecule has 10 heteroatoms. The third-order valence-corrected chi connectivity index (χ3v) is 5.61. The predicted molar refractivity (Wildman–Crippen MR) is 117 cm³/mol. The second kappa shape index (κ2) is 7.65. The SMILES string of the molecule is CC(C(=O)Nc1ccc(-c2cn3ccsc3n2)cc1)n1nc(-n2cccn2)ccc1=O. The van der Waals surface area contributed by atoms with Crippen LogP contribution in [0.4, 0.5) is 5.69 Å². The molecule has 0 bridgehead atoms. The monoisotopic (exact) mass is 431 g/mol. The number of carbonyl (C=O) groups is 1. The van der Waals surface area contributed by atoms with Gasteiger partial charge in [0.2, 0.25) is 5.91 Å². The van der Waals surface area contributed by atoms with Gasteiger partial charge in [-0.05, 0) is 31.2 Å². The zero-order chi connectivity index (χ0) is 21.4. The second-order valence-corrected chi connectivity index (χ2v) is 7.76. The lowest BCUT2D eigenvalue weighted by atomic mass is 10.1. The van der Waals surface area contributed by atoms with Crippen molar-refractivity contribution in [2.45, 2.75) is 13.0 Å². The van der Waals surface area contributed by atoms with Gasteiger partial charge in [0.15, 0.2) is 10.8 Å². The van der Waals surface area contributed by atoms with E-state index in [1.54, 1.807) is 42.8 Å². The summed E-state index contributed by atoms with van der Waals surface area (Å²) >= 11 is 1.57. The van der Waals surface area contributed by atoms with Crippen molar-refractivity contribution in [3.8, 4) is 17.1 Å². The van der Waals surface area contributed by atoms with E-state index in [2.05, 4.69) is 20.5 Å². The number of hydrogen-bond donors (Lipinski definition) is 1. The molecular formula is C21H17N7O2S. The van der Waals surface area contributed by atoms with Crippen molar-refractivity contribution in [1.29, 1.82) is 0 Å². The van der Waals surface area contributed by atoms with Crippen molar-refractivity contribution in [3.05, 3.63) is 83.0 Å². The van der Waals surface area contributed by atoms with E-state index >= 15 is 0 Å². The summed E-state index contributed by atoms with van der Waals surface area (Å²) in [5, 5.41) is 13.2. The van der Waals surface area contributed by atoms with Crippen LogP contribution in [0.3, 0.4) is 0 Å². The van der Waals surface area contributed by atoms with Crippen LogP contribution in [-0.4, -0.2) is 34.9 Å². The molecule has 0 aliphatic carbocycles. The number of aromatic nitrogens is 6. The molecule has 0 saturated heterocycles. The topological polar surface area (TPSA) is 99.1 Å². The first-order valence-corrected chi connectivity index (χ1v) is 10.4. The van der Waals surface area contributed by atoms with Crippen LogP contribution in [0.15, 0.2) is 77.4 Å². The minimum atomic E-state index is -0.803. The molecule has 1 unspecified atom stereocenters. The molecule has 1 atom stereocenters. The Kier molecular flexibility index (Phi) is 4.68. The highest BCUT2D eigenvalue weighted by Gasteiger charge is 2.18. The van der Waals surface area contributed by atoms with Gasteiger partial charge in [0.05, 0.1) is 5.69 Å². The van der Waals surface area contributed by atoms with Gasteiger partial charge in [0.1, 0.15) is 6.04 Å². The van der Waals surface area contributed by atoms with Crippen LogP contribution in [-0.2, 0) is 4.79 Å². The fraction of sp³-hybridized carbons (Fsp3) is 0.0952. The second-order valence-electron chi connectivity index (χ2n) is 6.89. The predicted octanol–water partition coefficient (Wildman–Crippen LogP) is 3.00. The van der Waals surface area contributed by atoms with Crippen LogP contribution in [0.1, 0.15) is 13.0 Å². The lowest BCUT2D eigenvalue weighted by Crippen LogP contribution is -2.33. The molecule has 5 aromatic rings. The molecule has 1 N–H and O–H groups in total. The Balaban J connectivity index is 1.33. The van der Waals surface area contributed by atoms with Crippen LogP contribution in [0.5, 0.6) is 0 Å². The van der Waals surface area contributed by atoms with Gasteiger partial charge >= 0.3 is 0 Å². The largest absolute Gasteiger partial charge is 0.324 e. The molecule has 0 fully saturated rings. The molecule has 0 aliphatic rings. The molecule has 5 rings (SSSR count). The van der Waals surface area contributed by atoms with Gasteiger partial charge in [0.25, 0.3) is 5.56 Å². The molecular weight excluding hydrogens is 414 g/mol. The normalized spacial score (nSPS) is 12.2. The van der Waals surface area contributed by atoms with Gasteiger partial charge < -0.3 is 5.32 Å². The number of amides is 1. The molecule has 9 nitrogen and oxygen atoms in total. The van der Waals surface area contributed by atoms with Crippen LogP contribution in [0, 0.1) is 0 Å². The minimum Gasteiger partial charge on any atom is -0.324 e. The molecule has 0 radical (unpaired) electrons. The Bertz CT molecular complexity index is 1390. The maximum Gasteiger partial charge on any atom is 0.267 e. The van der Waals surface area contributed by atoms with Gasteiger partial charge in [-0.3, -0.25) is 14.0 Å². The van der Waals surface area contributed by atoms with E-state index in [4.69, 9.17) is 0 Å². The number of nitrogens with one attached hydrogen (secondary N) is 1. The number of hydrogen-bond acceptors (Lipinski definition) is 6. The zero-order valence-corrected chi connectivity index (χ0v) is 17.2. The molecule has 154 valence electrons. The Morgan fingerprint density at radius 2 is 1.97 bits per heavy atom. The number of benzene rings is 1. The van der Waals surface area contributed by atoms with E-state index < -0.39 is 6.04 Å². The van der Waals surface area contributed by atoms with Crippen LogP contribution in [0.25, 0.3) is 22.0 Å². The Morgan fingerprint density at radius 1 is 1.13 bits per heavy atom. The highest BCUT2D eigenvalue weighted by molar-refractivity contribution is 7.15. The number of imidazole rings is 1. The summed E-state index contributed by atoms with van der Waals surface area (Å²) in [5.74, 6) is 0.107. The number of anilines is 1. The first kappa shape index (κ1) is 18.9. The average Bonchev–Trinajstić information content (AvgIpc) is 3.52. The third-order valence-electron chi connectivity index (χ3n) is 4.84. The summed E-state index contributed by atoms with van der Waals surface area (Å²) in [6.07, 6.45) is 7.26. The van der Waals surface area contributed by atoms with Crippen molar-refractivity contribution in [3.63, 3.8) is 0 Å². The summed E-state index contributed by atoms with van der Waals surface area (Å²) in [6, 6.07) is 11.3. The number of rotatable bonds is 5. The summed E-state index contributed by atoms with van der Waals surface area (Å²) in [5.41, 5.74) is 2.07. The fourth-order valence-electron chi connectivity index (χ4n) is 3.17. The van der Waals surface area contributed by atoms with Crippen LogP contribution in [0.2, 0.25) is 0 Å². The van der Waals surface area contributed by atoms with Gasteiger partial charge in [-0.1, -0.05) is 12.1 Å². The quantitative estimate of drug-likeness (QED) is 0.461. The highest BCUT2D eigenvalue weighted by atomic mass is 32.1. The van der Waals surface area contributed by atoms with Crippen molar-refractivity contribution in [2.24, 2.45) is 0 Å². The lowest BCUT2D eigenvalue weighted by Gasteiger charge is -2.15. The van der Waals surface area contributed by atoms with Gasteiger partial charge in [-0.15, -0.1) is 16.4 Å². The summed E-state index contributed by atoms with van der Waals surface area (Å²) < 4.78 is 4.65. The molecule has 0 aliphatic heterocycles. The first-order valence-electron chi connectivity index (χ1n) is 9.52. The van der Waals surface area contributed by atoms with Crippen molar-refractivity contribution in [2.75, 3.05) is 5.32 Å². The first-order chi connectivity index (χ1) is 15.1. The minimum absolute atomic E-state index is 0.345. The molecule has 0 spiro atoms. The molecule has 4 aromatic heterocycles. The van der Waals surface area contributed by atoms with E-state index in [0.717, 1.165) is 20.9 Å². The zero-order valence-electron chi connectivity index (χ0n) is 16.4. The Morgan fingerprint density at radius 3 is 2.71 bits per heavy atom. The van der Waals surface area contributed by atoms with Crippen molar-refractivity contribution < 1.29 is 4.79 Å². The molecule has 31 heavy (non-hydrogen) atoms. The van der Waals surface area contributed by atoms with Gasteiger partial charge in [-0.2, -0.15) is 5.10 Å². The van der Waals surface area contributed by atoms with Crippen LogP contribution < -0.4 is 10.9 Å². The number of carbonyl (C=O) groups excluding carboxylic acids is 1. The summed E-state index contributed by atoms with van der Waals surface area (Å²) in [6.45, 7) is 1.63. The number of nitrogens with zero attached hydrogens (tertiary/aromatic N) is 6. The number of thiazole rings is 1. The fourth-order valence-corrected chi connectivity index (χ4v) is 3.87. The average molecular weight is 431 g/mol. The standard InChI is InChI=1S/C21H17N7O2S/c1-14(28-19(29)8-7-18(25-28)27-10-2-9-22-27)20(30)23-16-5-3-15(4-6-16)17-13-26-11-12-31-21(26)24-17/h2-14H,1H3,(H,23,30). The maximum atomic E-state index is 12.8. The molecule has 1 amide bonds. The smallest absolute Gasteiger partial charge is 0.267 e. The number of fused-ring (bicyclic) bond motifs is 1. The molecule has 0 saturated carbocycles. The highest BCUT2D eigenvalue weighted by Crippen LogP contribution is 2.23.